The number of hydrazine groups is 1. The van der Waals surface area contributed by atoms with Crippen LogP contribution in [0.2, 0.25) is 0 Å². The molecule has 0 aromatic rings. The zero-order chi connectivity index (χ0) is 12.2. The molecule has 1 saturated heterocycles. The van der Waals surface area contributed by atoms with Crippen molar-refractivity contribution in [3.05, 3.63) is 0 Å². The quantitative estimate of drug-likeness (QED) is 0.416. The standard InChI is InChI=1S/C11H21N3O2/c1-11(2,10(16)13-12)8-14-7-5-3-4-6-9(14)15/h3-8,12H2,1-2H3,(H,13,16). The third kappa shape index (κ3) is 3.20. The monoisotopic (exact) mass is 227 g/mol. The van der Waals surface area contributed by atoms with Gasteiger partial charge in [-0.1, -0.05) is 6.42 Å². The normalized spacial score (nSPS) is 18.2. The van der Waals surface area contributed by atoms with Gasteiger partial charge in [0.2, 0.25) is 11.8 Å². The number of nitrogens with one attached hydrogen (secondary N) is 1. The number of hydrogen-bond donors (Lipinski definition) is 2. The lowest BCUT2D eigenvalue weighted by Gasteiger charge is -2.30. The summed E-state index contributed by atoms with van der Waals surface area (Å²) in [6.45, 7) is 4.79. The van der Waals surface area contributed by atoms with Gasteiger partial charge in [0.05, 0.1) is 5.41 Å². The van der Waals surface area contributed by atoms with Gasteiger partial charge in [0, 0.05) is 19.5 Å². The molecule has 0 aliphatic carbocycles. The average Bonchev–Trinajstić information content (AvgIpc) is 2.43. The molecule has 0 spiro atoms. The van der Waals surface area contributed by atoms with E-state index >= 15 is 0 Å². The summed E-state index contributed by atoms with van der Waals surface area (Å²) < 4.78 is 0. The first-order chi connectivity index (χ1) is 7.47. The molecule has 2 amide bonds. The number of likely N-dealkylation sites (tertiary alicyclic amines) is 1. The van der Waals surface area contributed by atoms with Gasteiger partial charge in [0.1, 0.15) is 0 Å². The van der Waals surface area contributed by atoms with Crippen molar-refractivity contribution < 1.29 is 9.59 Å². The minimum absolute atomic E-state index is 0.149. The Labute approximate surface area is 96.3 Å². The summed E-state index contributed by atoms with van der Waals surface area (Å²) in [6.07, 6.45) is 3.66. The first-order valence-corrected chi connectivity index (χ1v) is 5.76. The molecule has 5 nitrogen and oxygen atoms in total. The summed E-state index contributed by atoms with van der Waals surface area (Å²) in [5, 5.41) is 0. The molecule has 0 aromatic carbocycles. The predicted molar refractivity (Wildman–Crippen MR) is 61.2 cm³/mol. The molecule has 0 radical (unpaired) electrons. The summed E-state index contributed by atoms with van der Waals surface area (Å²) in [5.74, 6) is 5.04. The second-order valence-corrected chi connectivity index (χ2v) is 4.98. The van der Waals surface area contributed by atoms with Gasteiger partial charge in [-0.15, -0.1) is 0 Å². The Hall–Kier alpha value is -1.10. The van der Waals surface area contributed by atoms with Crippen LogP contribution in [0.15, 0.2) is 0 Å². The van der Waals surface area contributed by atoms with Crippen LogP contribution in [0.5, 0.6) is 0 Å². The highest BCUT2D eigenvalue weighted by atomic mass is 16.2. The fraction of sp³-hybridized carbons (Fsp3) is 0.818. The van der Waals surface area contributed by atoms with Gasteiger partial charge in [-0.3, -0.25) is 15.0 Å². The maximum Gasteiger partial charge on any atom is 0.241 e. The van der Waals surface area contributed by atoms with Gasteiger partial charge in [-0.2, -0.15) is 0 Å². The average molecular weight is 227 g/mol. The van der Waals surface area contributed by atoms with Crippen molar-refractivity contribution in [2.24, 2.45) is 11.3 Å². The zero-order valence-electron chi connectivity index (χ0n) is 10.1. The zero-order valence-corrected chi connectivity index (χ0v) is 10.1. The molecule has 3 N–H and O–H groups in total. The van der Waals surface area contributed by atoms with E-state index in [2.05, 4.69) is 5.43 Å². The van der Waals surface area contributed by atoms with E-state index in [9.17, 15) is 9.59 Å². The van der Waals surface area contributed by atoms with E-state index < -0.39 is 5.41 Å². The third-order valence-corrected chi connectivity index (χ3v) is 3.00. The number of hydrogen-bond acceptors (Lipinski definition) is 3. The first kappa shape index (κ1) is 13.0. The summed E-state index contributed by atoms with van der Waals surface area (Å²) in [7, 11) is 0. The molecule has 1 rings (SSSR count). The van der Waals surface area contributed by atoms with E-state index in [0.717, 1.165) is 25.8 Å². The Morgan fingerprint density at radius 3 is 2.75 bits per heavy atom. The molecule has 1 aliphatic heterocycles. The molecule has 0 unspecified atom stereocenters. The predicted octanol–water partition coefficient (Wildman–Crippen LogP) is 0.405. The Morgan fingerprint density at radius 2 is 2.12 bits per heavy atom. The SMILES string of the molecule is CC(C)(CN1CCCCCC1=O)C(=O)NN. The van der Waals surface area contributed by atoms with Gasteiger partial charge in [0.25, 0.3) is 0 Å². The summed E-state index contributed by atoms with van der Waals surface area (Å²) in [6, 6.07) is 0. The van der Waals surface area contributed by atoms with E-state index in [1.165, 1.54) is 0 Å². The van der Waals surface area contributed by atoms with Crippen LogP contribution in [0.3, 0.4) is 0 Å². The molecule has 1 fully saturated rings. The van der Waals surface area contributed by atoms with Crippen LogP contribution in [-0.2, 0) is 9.59 Å². The molecule has 0 saturated carbocycles. The molecule has 1 aliphatic rings. The maximum absolute atomic E-state index is 11.8. The van der Waals surface area contributed by atoms with E-state index in [-0.39, 0.29) is 11.8 Å². The fourth-order valence-corrected chi connectivity index (χ4v) is 1.95. The minimum atomic E-state index is -0.630. The van der Waals surface area contributed by atoms with Crippen LogP contribution in [0.4, 0.5) is 0 Å². The molecule has 1 heterocycles. The number of nitrogens with zero attached hydrogens (tertiary/aromatic N) is 1. The summed E-state index contributed by atoms with van der Waals surface area (Å²) >= 11 is 0. The number of rotatable bonds is 3. The van der Waals surface area contributed by atoms with Gasteiger partial charge in [-0.05, 0) is 26.7 Å². The van der Waals surface area contributed by atoms with Gasteiger partial charge >= 0.3 is 0 Å². The van der Waals surface area contributed by atoms with Crippen molar-refractivity contribution in [3.63, 3.8) is 0 Å². The third-order valence-electron chi connectivity index (χ3n) is 3.00. The Kier molecular flexibility index (Phi) is 4.29. The van der Waals surface area contributed by atoms with E-state index in [1.807, 2.05) is 0 Å². The molecule has 0 aromatic heterocycles. The largest absolute Gasteiger partial charge is 0.342 e. The van der Waals surface area contributed by atoms with Crippen LogP contribution in [-0.4, -0.2) is 29.8 Å². The fourth-order valence-electron chi connectivity index (χ4n) is 1.95. The highest BCUT2D eigenvalue weighted by Crippen LogP contribution is 2.20. The smallest absolute Gasteiger partial charge is 0.241 e. The number of carbonyl (C=O) groups excluding carboxylic acids is 2. The lowest BCUT2D eigenvalue weighted by molar-refractivity contribution is -0.136. The van der Waals surface area contributed by atoms with Crippen molar-refractivity contribution in [1.29, 1.82) is 0 Å². The Balaban J connectivity index is 2.63. The Morgan fingerprint density at radius 1 is 1.44 bits per heavy atom. The second kappa shape index (κ2) is 5.30. The van der Waals surface area contributed by atoms with Crippen molar-refractivity contribution >= 4 is 11.8 Å². The lowest BCUT2D eigenvalue weighted by Crippen LogP contribution is -2.48. The molecule has 5 heteroatoms. The molecule has 0 bridgehead atoms. The van der Waals surface area contributed by atoms with Crippen LogP contribution in [0.1, 0.15) is 39.5 Å². The minimum Gasteiger partial charge on any atom is -0.342 e. The molecule has 16 heavy (non-hydrogen) atoms. The van der Waals surface area contributed by atoms with E-state index in [1.54, 1.807) is 18.7 Å². The van der Waals surface area contributed by atoms with Crippen molar-refractivity contribution in [3.8, 4) is 0 Å². The van der Waals surface area contributed by atoms with Crippen LogP contribution < -0.4 is 11.3 Å². The van der Waals surface area contributed by atoms with Gasteiger partial charge < -0.3 is 4.90 Å². The van der Waals surface area contributed by atoms with E-state index in [4.69, 9.17) is 5.84 Å². The van der Waals surface area contributed by atoms with Crippen LogP contribution >= 0.6 is 0 Å². The highest BCUT2D eigenvalue weighted by molar-refractivity contribution is 5.83. The number of nitrogens with two attached hydrogens (primary N) is 1. The van der Waals surface area contributed by atoms with Gasteiger partial charge in [-0.25, -0.2) is 5.84 Å². The van der Waals surface area contributed by atoms with Gasteiger partial charge in [0.15, 0.2) is 0 Å². The summed E-state index contributed by atoms with van der Waals surface area (Å²) in [5.41, 5.74) is 1.52. The lowest BCUT2D eigenvalue weighted by atomic mass is 9.91. The molecule has 0 atom stereocenters. The van der Waals surface area contributed by atoms with Crippen molar-refractivity contribution in [2.45, 2.75) is 39.5 Å². The first-order valence-electron chi connectivity index (χ1n) is 5.76. The molecular weight excluding hydrogens is 206 g/mol. The Bertz CT molecular complexity index is 276. The summed E-state index contributed by atoms with van der Waals surface area (Å²) in [4.78, 5) is 25.1. The number of amides is 2. The molecule has 92 valence electrons. The second-order valence-electron chi connectivity index (χ2n) is 4.98. The topological polar surface area (TPSA) is 75.4 Å². The maximum atomic E-state index is 11.8. The van der Waals surface area contributed by atoms with Crippen molar-refractivity contribution in [1.82, 2.24) is 10.3 Å². The molecular formula is C11H21N3O2. The van der Waals surface area contributed by atoms with E-state index in [0.29, 0.717) is 13.0 Å². The van der Waals surface area contributed by atoms with Crippen LogP contribution in [0, 0.1) is 5.41 Å². The highest BCUT2D eigenvalue weighted by Gasteiger charge is 2.31. The van der Waals surface area contributed by atoms with Crippen molar-refractivity contribution in [2.75, 3.05) is 13.1 Å². The number of carbonyl (C=O) groups is 2. The van der Waals surface area contributed by atoms with Crippen LogP contribution in [0.25, 0.3) is 0 Å².